The van der Waals surface area contributed by atoms with Gasteiger partial charge in [0.2, 0.25) is 0 Å². The molecule has 2 atom stereocenters. The summed E-state index contributed by atoms with van der Waals surface area (Å²) in [5.74, 6) is 0.241. The molecule has 0 radical (unpaired) electrons. The smallest absolute Gasteiger partial charge is 0.303 e. The first-order valence-corrected chi connectivity index (χ1v) is 10.6. The maximum absolute atomic E-state index is 11.6. The Hall–Kier alpha value is -1.46. The number of hydrogen-bond acceptors (Lipinski definition) is 2. The number of rotatable bonds is 4. The van der Waals surface area contributed by atoms with Crippen LogP contribution in [-0.2, 0) is 17.6 Å². The summed E-state index contributed by atoms with van der Waals surface area (Å²) in [5, 5.41) is 8.61. The van der Waals surface area contributed by atoms with Crippen LogP contribution in [0.2, 0.25) is 0 Å². The molecule has 2 unspecified atom stereocenters. The lowest BCUT2D eigenvalue weighted by atomic mass is 9.84. The van der Waals surface area contributed by atoms with Gasteiger partial charge in [-0.05, 0) is 60.1 Å². The Morgan fingerprint density at radius 1 is 1.15 bits per heavy atom. The van der Waals surface area contributed by atoms with E-state index in [9.17, 15) is 9.59 Å². The van der Waals surface area contributed by atoms with Crippen LogP contribution in [0, 0.1) is 11.8 Å². The van der Waals surface area contributed by atoms with E-state index in [0.29, 0.717) is 18.1 Å². The maximum atomic E-state index is 11.6. The molecule has 0 saturated heterocycles. The van der Waals surface area contributed by atoms with E-state index in [0.717, 1.165) is 27.4 Å². The van der Waals surface area contributed by atoms with Crippen LogP contribution in [0.15, 0.2) is 51.4 Å². The molecule has 0 aliphatic heterocycles. The largest absolute Gasteiger partial charge is 0.481 e. The molecule has 0 aromatic heterocycles. The van der Waals surface area contributed by atoms with Crippen molar-refractivity contribution in [3.63, 3.8) is 0 Å². The highest BCUT2D eigenvalue weighted by Crippen LogP contribution is 2.27. The van der Waals surface area contributed by atoms with E-state index in [2.05, 4.69) is 44.8 Å². The van der Waals surface area contributed by atoms with Crippen LogP contribution in [0.4, 0.5) is 0 Å². The van der Waals surface area contributed by atoms with Gasteiger partial charge in [0.05, 0.1) is 0 Å². The summed E-state index contributed by atoms with van der Waals surface area (Å²) in [6.07, 6.45) is 2.77. The second kappa shape index (κ2) is 10.2. The van der Waals surface area contributed by atoms with Crippen LogP contribution in [0.3, 0.4) is 0 Å². The van der Waals surface area contributed by atoms with Crippen molar-refractivity contribution >= 4 is 43.6 Å². The molecule has 0 spiro atoms. The van der Waals surface area contributed by atoms with Gasteiger partial charge in [0, 0.05) is 27.4 Å². The third-order valence-corrected chi connectivity index (χ3v) is 5.45. The third-order valence-electron chi connectivity index (χ3n) is 4.47. The maximum Gasteiger partial charge on any atom is 0.303 e. The monoisotopic (exact) mass is 494 g/mol. The molecule has 2 aromatic rings. The van der Waals surface area contributed by atoms with Crippen molar-refractivity contribution in [1.29, 1.82) is 0 Å². The van der Waals surface area contributed by atoms with E-state index >= 15 is 0 Å². The number of fused-ring (bicyclic) bond motifs is 1. The fraction of sp³-hybridized carbons (Fsp3) is 0.364. The Labute approximate surface area is 177 Å². The fourth-order valence-electron chi connectivity index (χ4n) is 3.31. The Balaban J connectivity index is 0.000000194. The average Bonchev–Trinajstić information content (AvgIpc) is 2.53. The van der Waals surface area contributed by atoms with Gasteiger partial charge >= 0.3 is 5.97 Å². The molecule has 0 fully saturated rings. The van der Waals surface area contributed by atoms with E-state index in [4.69, 9.17) is 5.11 Å². The van der Waals surface area contributed by atoms with Crippen molar-refractivity contribution in [2.24, 2.45) is 11.8 Å². The molecule has 1 N–H and O–H groups in total. The minimum atomic E-state index is -0.729. The molecule has 0 amide bonds. The molecule has 27 heavy (non-hydrogen) atoms. The Kier molecular flexibility index (Phi) is 8.24. The standard InChI is InChI=1S/C11H13BrO2.C11H11BrO/c1-8(6-11(13)14)5-9-3-2-4-10(12)7-9;1-7-4-8-6-9(12)2-3-10(8)11(13)5-7/h2-4,7-8H,5-6H2,1H3,(H,13,14);2-3,6-7H,4-5H2,1H3. The van der Waals surface area contributed by atoms with Gasteiger partial charge in [-0.15, -0.1) is 0 Å². The highest BCUT2D eigenvalue weighted by Gasteiger charge is 2.21. The summed E-state index contributed by atoms with van der Waals surface area (Å²) < 4.78 is 2.10. The van der Waals surface area contributed by atoms with Crippen molar-refractivity contribution in [3.05, 3.63) is 68.1 Å². The van der Waals surface area contributed by atoms with Gasteiger partial charge in [-0.25, -0.2) is 0 Å². The van der Waals surface area contributed by atoms with Gasteiger partial charge in [-0.2, -0.15) is 0 Å². The van der Waals surface area contributed by atoms with Crippen LogP contribution < -0.4 is 0 Å². The van der Waals surface area contributed by atoms with Crippen molar-refractivity contribution < 1.29 is 14.7 Å². The number of Topliss-reactive ketones (excluding diaryl/α,β-unsaturated/α-hetero) is 1. The van der Waals surface area contributed by atoms with E-state index in [1.807, 2.05) is 43.3 Å². The van der Waals surface area contributed by atoms with Crippen molar-refractivity contribution in [1.82, 2.24) is 0 Å². The first-order chi connectivity index (χ1) is 12.7. The van der Waals surface area contributed by atoms with E-state index in [1.165, 1.54) is 11.1 Å². The molecule has 0 bridgehead atoms. The number of hydrogen-bond donors (Lipinski definition) is 1. The highest BCUT2D eigenvalue weighted by molar-refractivity contribution is 9.10. The molecule has 5 heteroatoms. The molecule has 3 rings (SSSR count). The predicted molar refractivity (Wildman–Crippen MR) is 115 cm³/mol. The molecule has 1 aliphatic carbocycles. The lowest BCUT2D eigenvalue weighted by Gasteiger charge is -2.20. The number of benzene rings is 2. The van der Waals surface area contributed by atoms with Gasteiger partial charge in [0.15, 0.2) is 5.78 Å². The highest BCUT2D eigenvalue weighted by atomic mass is 79.9. The first-order valence-electron chi connectivity index (χ1n) is 9.02. The predicted octanol–water partition coefficient (Wildman–Crippen LogP) is 6.32. The summed E-state index contributed by atoms with van der Waals surface area (Å²) in [6, 6.07) is 13.9. The lowest BCUT2D eigenvalue weighted by Crippen LogP contribution is -2.17. The molecule has 2 aromatic carbocycles. The number of carbonyl (C=O) groups excluding carboxylic acids is 1. The number of carbonyl (C=O) groups is 2. The molecule has 0 heterocycles. The molecular formula is C22H24Br2O3. The van der Waals surface area contributed by atoms with Crippen molar-refractivity contribution in [3.8, 4) is 0 Å². The molecule has 0 saturated carbocycles. The molecule has 3 nitrogen and oxygen atoms in total. The zero-order valence-electron chi connectivity index (χ0n) is 15.5. The zero-order valence-corrected chi connectivity index (χ0v) is 18.7. The van der Waals surface area contributed by atoms with E-state index < -0.39 is 5.97 Å². The van der Waals surface area contributed by atoms with Gasteiger partial charge in [-0.1, -0.05) is 63.9 Å². The van der Waals surface area contributed by atoms with E-state index in [-0.39, 0.29) is 12.3 Å². The van der Waals surface area contributed by atoms with Crippen molar-refractivity contribution in [2.75, 3.05) is 0 Å². The van der Waals surface area contributed by atoms with Gasteiger partial charge < -0.3 is 5.11 Å². The third kappa shape index (κ3) is 7.23. The number of carboxylic acid groups (broad SMARTS) is 1. The van der Waals surface area contributed by atoms with Crippen LogP contribution in [0.5, 0.6) is 0 Å². The number of ketones is 1. The number of halogens is 2. The van der Waals surface area contributed by atoms with Crippen LogP contribution in [-0.4, -0.2) is 16.9 Å². The lowest BCUT2D eigenvalue weighted by molar-refractivity contribution is -0.137. The van der Waals surface area contributed by atoms with Gasteiger partial charge in [0.1, 0.15) is 0 Å². The molecule has 1 aliphatic rings. The minimum absolute atomic E-state index is 0.182. The van der Waals surface area contributed by atoms with Crippen LogP contribution in [0.1, 0.15) is 48.2 Å². The normalized spacial score (nSPS) is 16.7. The van der Waals surface area contributed by atoms with E-state index in [1.54, 1.807) is 0 Å². The number of aliphatic carboxylic acids is 1. The average molecular weight is 496 g/mol. The Morgan fingerprint density at radius 2 is 1.85 bits per heavy atom. The topological polar surface area (TPSA) is 54.4 Å². The quantitative estimate of drug-likeness (QED) is 0.540. The minimum Gasteiger partial charge on any atom is -0.481 e. The SMILES string of the molecule is CC(CC(=O)O)Cc1cccc(Br)c1.CC1CC(=O)c2ccc(Br)cc2C1. The molecule has 144 valence electrons. The summed E-state index contributed by atoms with van der Waals surface area (Å²) in [5.41, 5.74) is 3.28. The number of carboxylic acids is 1. The summed E-state index contributed by atoms with van der Waals surface area (Å²) in [4.78, 5) is 22.0. The molecular weight excluding hydrogens is 472 g/mol. The summed E-state index contributed by atoms with van der Waals surface area (Å²) in [6.45, 7) is 4.08. The van der Waals surface area contributed by atoms with Crippen molar-refractivity contribution in [2.45, 2.75) is 39.5 Å². The summed E-state index contributed by atoms with van der Waals surface area (Å²) >= 11 is 6.81. The summed E-state index contributed by atoms with van der Waals surface area (Å²) in [7, 11) is 0. The van der Waals surface area contributed by atoms with Crippen LogP contribution >= 0.6 is 31.9 Å². The van der Waals surface area contributed by atoms with Gasteiger partial charge in [0.25, 0.3) is 0 Å². The zero-order chi connectivity index (χ0) is 20.0. The second-order valence-corrected chi connectivity index (χ2v) is 9.11. The Morgan fingerprint density at radius 3 is 2.52 bits per heavy atom. The fourth-order valence-corrected chi connectivity index (χ4v) is 4.17. The second-order valence-electron chi connectivity index (χ2n) is 7.28. The van der Waals surface area contributed by atoms with Gasteiger partial charge in [-0.3, -0.25) is 9.59 Å². The first kappa shape index (κ1) is 21.8. The Bertz CT molecular complexity index is 817. The van der Waals surface area contributed by atoms with Crippen LogP contribution in [0.25, 0.3) is 0 Å².